The average molecular weight is 316 g/mol. The zero-order valence-electron chi connectivity index (χ0n) is 13.6. The normalized spacial score (nSPS) is 14.7. The van der Waals surface area contributed by atoms with E-state index in [4.69, 9.17) is 9.79 Å². The van der Waals surface area contributed by atoms with Gasteiger partial charge in [0, 0.05) is 0 Å². The highest BCUT2D eigenvalue weighted by Gasteiger charge is 2.11. The van der Waals surface area contributed by atoms with Gasteiger partial charge in [-0.1, -0.05) is 41.9 Å². The minimum atomic E-state index is -4.35. The maximum absolute atomic E-state index is 10.5. The molecular weight excluding hydrogens is 287 g/mol. The second-order valence-corrected chi connectivity index (χ2v) is 6.61. The summed E-state index contributed by atoms with van der Waals surface area (Å²) in [6.07, 6.45) is 11.4. The molecule has 0 aromatic carbocycles. The minimum Gasteiger partial charge on any atom is -0.303 e. The summed E-state index contributed by atoms with van der Waals surface area (Å²) in [6.45, 7) is 8.37. The second kappa shape index (κ2) is 11.0. The van der Waals surface area contributed by atoms with Crippen LogP contribution in [0.3, 0.4) is 0 Å². The lowest BCUT2D eigenvalue weighted by Crippen LogP contribution is -1.89. The number of phosphoric ester groups is 1. The van der Waals surface area contributed by atoms with Crippen LogP contribution in [-0.4, -0.2) is 16.4 Å². The largest absolute Gasteiger partial charge is 0.469 e. The van der Waals surface area contributed by atoms with Crippen LogP contribution in [0.25, 0.3) is 0 Å². The fourth-order valence-electron chi connectivity index (χ4n) is 1.72. The van der Waals surface area contributed by atoms with Crippen molar-refractivity contribution in [2.75, 3.05) is 6.61 Å². The minimum absolute atomic E-state index is 0.0418. The summed E-state index contributed by atoms with van der Waals surface area (Å²) in [4.78, 5) is 17.1. The molecule has 0 bridgehead atoms. The lowest BCUT2D eigenvalue weighted by molar-refractivity contribution is 0.215. The van der Waals surface area contributed by atoms with Crippen LogP contribution in [0, 0.1) is 0 Å². The fourth-order valence-corrected chi connectivity index (χ4v) is 1.99. The van der Waals surface area contributed by atoms with E-state index in [9.17, 15) is 4.57 Å². The van der Waals surface area contributed by atoms with Gasteiger partial charge in [-0.25, -0.2) is 4.57 Å². The van der Waals surface area contributed by atoms with Gasteiger partial charge in [-0.2, -0.15) is 0 Å². The zero-order valence-corrected chi connectivity index (χ0v) is 14.5. The van der Waals surface area contributed by atoms with Gasteiger partial charge in [-0.05, 0) is 52.9 Å². The number of phosphoric acid groups is 1. The van der Waals surface area contributed by atoms with Crippen LogP contribution in [0.4, 0.5) is 0 Å². The molecule has 0 spiro atoms. The van der Waals surface area contributed by atoms with E-state index in [1.54, 1.807) is 6.08 Å². The van der Waals surface area contributed by atoms with Crippen molar-refractivity contribution < 1.29 is 18.9 Å². The Morgan fingerprint density at radius 3 is 1.90 bits per heavy atom. The van der Waals surface area contributed by atoms with Gasteiger partial charge in [-0.3, -0.25) is 4.52 Å². The molecule has 0 aromatic rings. The highest BCUT2D eigenvalue weighted by Crippen LogP contribution is 2.35. The van der Waals surface area contributed by atoms with E-state index in [1.807, 2.05) is 6.92 Å². The van der Waals surface area contributed by atoms with Gasteiger partial charge in [0.15, 0.2) is 0 Å². The van der Waals surface area contributed by atoms with Gasteiger partial charge in [0.25, 0.3) is 0 Å². The molecule has 0 unspecified atom stereocenters. The molecule has 122 valence electrons. The third-order valence-electron chi connectivity index (χ3n) is 3.30. The van der Waals surface area contributed by atoms with Crippen LogP contribution in [0.2, 0.25) is 0 Å². The van der Waals surface area contributed by atoms with E-state index < -0.39 is 7.82 Å². The Morgan fingerprint density at radius 2 is 1.43 bits per heavy atom. The molecule has 0 saturated heterocycles. The van der Waals surface area contributed by atoms with Crippen molar-refractivity contribution in [3.8, 4) is 0 Å². The van der Waals surface area contributed by atoms with Crippen molar-refractivity contribution in [1.29, 1.82) is 0 Å². The topological polar surface area (TPSA) is 66.8 Å². The summed E-state index contributed by atoms with van der Waals surface area (Å²) >= 11 is 0. The number of allylic oxidation sites excluding steroid dienone is 5. The number of rotatable bonds is 10. The van der Waals surface area contributed by atoms with Crippen LogP contribution in [0.15, 0.2) is 34.9 Å². The van der Waals surface area contributed by atoms with Gasteiger partial charge >= 0.3 is 7.82 Å². The van der Waals surface area contributed by atoms with Crippen LogP contribution in [-0.2, 0) is 9.09 Å². The van der Waals surface area contributed by atoms with Crippen LogP contribution >= 0.6 is 7.82 Å². The van der Waals surface area contributed by atoms with Gasteiger partial charge in [-0.15, -0.1) is 0 Å². The molecule has 0 aromatic heterocycles. The first-order chi connectivity index (χ1) is 9.74. The molecule has 0 fully saturated rings. The Hall–Kier alpha value is -0.670. The molecular formula is C16H29O4P. The van der Waals surface area contributed by atoms with E-state index >= 15 is 0 Å². The number of hydrogen-bond donors (Lipinski definition) is 2. The predicted molar refractivity (Wildman–Crippen MR) is 88.0 cm³/mol. The third kappa shape index (κ3) is 14.0. The first-order valence-corrected chi connectivity index (χ1v) is 8.94. The molecule has 0 amide bonds. The molecule has 0 saturated carbocycles. The van der Waals surface area contributed by atoms with Gasteiger partial charge in [0.1, 0.15) is 0 Å². The van der Waals surface area contributed by atoms with Gasteiger partial charge < -0.3 is 9.79 Å². The summed E-state index contributed by atoms with van der Waals surface area (Å²) in [7, 11) is -4.35. The van der Waals surface area contributed by atoms with Crippen LogP contribution < -0.4 is 0 Å². The van der Waals surface area contributed by atoms with Gasteiger partial charge in [0.05, 0.1) is 6.61 Å². The molecule has 5 heteroatoms. The molecule has 0 aliphatic rings. The Kier molecular flexibility index (Phi) is 10.6. The maximum Gasteiger partial charge on any atom is 0.469 e. The molecule has 0 heterocycles. The number of hydrogen-bond acceptors (Lipinski definition) is 2. The Labute approximate surface area is 128 Å². The zero-order chi connectivity index (χ0) is 16.3. The maximum atomic E-state index is 10.5. The van der Waals surface area contributed by atoms with E-state index in [1.165, 1.54) is 11.1 Å². The lowest BCUT2D eigenvalue weighted by Gasteiger charge is -2.04. The molecule has 0 aliphatic heterocycles. The molecule has 4 nitrogen and oxygen atoms in total. The van der Waals surface area contributed by atoms with Crippen molar-refractivity contribution in [2.45, 2.75) is 59.8 Å². The summed E-state index contributed by atoms with van der Waals surface area (Å²) in [5.41, 5.74) is 3.90. The van der Waals surface area contributed by atoms with Crippen molar-refractivity contribution in [1.82, 2.24) is 0 Å². The smallest absolute Gasteiger partial charge is 0.303 e. The lowest BCUT2D eigenvalue weighted by atomic mass is 10.1. The predicted octanol–water partition coefficient (Wildman–Crippen LogP) is 4.91. The summed E-state index contributed by atoms with van der Waals surface area (Å²) in [5, 5.41) is 0. The quantitative estimate of drug-likeness (QED) is 0.444. The van der Waals surface area contributed by atoms with Crippen molar-refractivity contribution in [3.05, 3.63) is 34.9 Å². The van der Waals surface area contributed by atoms with E-state index in [0.717, 1.165) is 37.7 Å². The summed E-state index contributed by atoms with van der Waals surface area (Å²) in [5.74, 6) is 0. The van der Waals surface area contributed by atoms with Crippen molar-refractivity contribution >= 4 is 7.82 Å². The molecule has 0 aliphatic carbocycles. The average Bonchev–Trinajstić information content (AvgIpc) is 2.36. The highest BCUT2D eigenvalue weighted by molar-refractivity contribution is 7.46. The molecule has 0 radical (unpaired) electrons. The molecule has 21 heavy (non-hydrogen) atoms. The van der Waals surface area contributed by atoms with Gasteiger partial charge in [0.2, 0.25) is 0 Å². The molecule has 0 atom stereocenters. The monoisotopic (exact) mass is 316 g/mol. The Balaban J connectivity index is 3.97. The van der Waals surface area contributed by atoms with Crippen LogP contribution in [0.1, 0.15) is 59.8 Å². The van der Waals surface area contributed by atoms with Crippen molar-refractivity contribution in [3.63, 3.8) is 0 Å². The third-order valence-corrected chi connectivity index (χ3v) is 3.78. The van der Waals surface area contributed by atoms with E-state index in [-0.39, 0.29) is 6.61 Å². The Morgan fingerprint density at radius 1 is 0.952 bits per heavy atom. The van der Waals surface area contributed by atoms with E-state index in [2.05, 4.69) is 37.4 Å². The second-order valence-electron chi connectivity index (χ2n) is 5.37. The Bertz CT molecular complexity index is 430. The molecule has 0 rings (SSSR count). The van der Waals surface area contributed by atoms with Crippen molar-refractivity contribution in [2.24, 2.45) is 0 Å². The van der Waals surface area contributed by atoms with E-state index in [0.29, 0.717) is 0 Å². The summed E-state index contributed by atoms with van der Waals surface area (Å²) in [6, 6.07) is 0. The fraction of sp³-hybridized carbons (Fsp3) is 0.625. The first kappa shape index (κ1) is 20.3. The first-order valence-electron chi connectivity index (χ1n) is 7.41. The summed E-state index contributed by atoms with van der Waals surface area (Å²) < 4.78 is 14.9. The standard InChI is InChI=1S/C16H29O4P/c1-5-14(2)8-6-9-15(3)10-7-11-16(4)12-13-20-21(17,18)19/h8,10,12H,5-7,9,11,13H2,1-4H3,(H2,17,18,19). The molecule has 2 N–H and O–H groups in total. The SMILES string of the molecule is CCC(C)=CCCC(C)=CCCC(C)=CCOP(=O)(O)O. The highest BCUT2D eigenvalue weighted by atomic mass is 31.2. The van der Waals surface area contributed by atoms with Crippen LogP contribution in [0.5, 0.6) is 0 Å².